The molecule has 0 saturated carbocycles. The molecule has 1 rings (SSSR count). The van der Waals surface area contributed by atoms with Crippen LogP contribution in [0.3, 0.4) is 0 Å². The minimum atomic E-state index is -0.690. The summed E-state index contributed by atoms with van der Waals surface area (Å²) in [6.07, 6.45) is 1.70. The Morgan fingerprint density at radius 3 is 2.57 bits per heavy atom. The molecule has 0 aromatic rings. The van der Waals surface area contributed by atoms with E-state index in [1.807, 2.05) is 4.90 Å². The van der Waals surface area contributed by atoms with Crippen LogP contribution in [0, 0.1) is 0 Å². The van der Waals surface area contributed by atoms with E-state index >= 15 is 0 Å². The lowest BCUT2D eigenvalue weighted by Gasteiger charge is -2.44. The number of rotatable bonds is 2. The summed E-state index contributed by atoms with van der Waals surface area (Å²) in [6, 6.07) is 0. The highest BCUT2D eigenvalue weighted by Gasteiger charge is 2.39. The number of hydrogen-bond acceptors (Lipinski definition) is 3. The Morgan fingerprint density at radius 1 is 1.57 bits per heavy atom. The van der Waals surface area contributed by atoms with Crippen LogP contribution in [-0.4, -0.2) is 40.1 Å². The zero-order valence-electron chi connectivity index (χ0n) is 9.21. The monoisotopic (exact) mass is 200 g/mol. The number of β-amino-alcohol motifs (C(OH)–C–C–N with tert-alkyl or cyclic N) is 1. The third kappa shape index (κ3) is 2.25. The van der Waals surface area contributed by atoms with Gasteiger partial charge in [-0.05, 0) is 40.2 Å². The number of carbonyl (C=O) groups excluding carboxylic acids is 1. The van der Waals surface area contributed by atoms with Crippen molar-refractivity contribution in [3.05, 3.63) is 0 Å². The average Bonchev–Trinajstić information content (AvgIpc) is 2.02. The number of nitrogens with two attached hydrogens (primary N) is 1. The maximum atomic E-state index is 11.2. The summed E-state index contributed by atoms with van der Waals surface area (Å²) in [4.78, 5) is 13.2. The summed E-state index contributed by atoms with van der Waals surface area (Å²) < 4.78 is 0. The third-order valence-corrected chi connectivity index (χ3v) is 3.07. The molecule has 1 atom stereocenters. The molecule has 82 valence electrons. The fourth-order valence-corrected chi connectivity index (χ4v) is 1.85. The first-order valence-corrected chi connectivity index (χ1v) is 5.03. The highest BCUT2D eigenvalue weighted by Crippen LogP contribution is 2.26. The van der Waals surface area contributed by atoms with Crippen molar-refractivity contribution in [1.29, 1.82) is 0 Å². The topological polar surface area (TPSA) is 66.6 Å². The fraction of sp³-hybridized carbons (Fsp3) is 0.900. The van der Waals surface area contributed by atoms with Gasteiger partial charge in [0.1, 0.15) is 0 Å². The number of aliphatic hydroxyl groups is 1. The predicted molar refractivity (Wildman–Crippen MR) is 54.7 cm³/mol. The summed E-state index contributed by atoms with van der Waals surface area (Å²) >= 11 is 0. The van der Waals surface area contributed by atoms with Crippen molar-refractivity contribution in [2.75, 3.05) is 13.1 Å². The van der Waals surface area contributed by atoms with Crippen molar-refractivity contribution in [2.24, 2.45) is 5.73 Å². The van der Waals surface area contributed by atoms with Gasteiger partial charge < -0.3 is 10.8 Å². The number of hydrogen-bond donors (Lipinski definition) is 2. The molecule has 4 heteroatoms. The highest BCUT2D eigenvalue weighted by atomic mass is 16.3. The SMILES string of the molecule is CC1(O)CCCN(C(C)(C)C(N)=O)C1. The second kappa shape index (κ2) is 3.51. The van der Waals surface area contributed by atoms with Crippen LogP contribution < -0.4 is 5.73 Å². The fourth-order valence-electron chi connectivity index (χ4n) is 1.85. The van der Waals surface area contributed by atoms with Crippen molar-refractivity contribution in [3.8, 4) is 0 Å². The van der Waals surface area contributed by atoms with Gasteiger partial charge in [-0.25, -0.2) is 0 Å². The number of carbonyl (C=O) groups is 1. The van der Waals surface area contributed by atoms with Gasteiger partial charge in [0, 0.05) is 6.54 Å². The first-order chi connectivity index (χ1) is 6.26. The molecule has 1 fully saturated rings. The van der Waals surface area contributed by atoms with Crippen molar-refractivity contribution < 1.29 is 9.90 Å². The van der Waals surface area contributed by atoms with E-state index in [4.69, 9.17) is 5.73 Å². The molecule has 0 aromatic carbocycles. The molecule has 0 aliphatic carbocycles. The molecule has 4 nitrogen and oxygen atoms in total. The lowest BCUT2D eigenvalue weighted by Crippen LogP contribution is -2.59. The lowest BCUT2D eigenvalue weighted by atomic mass is 9.90. The van der Waals surface area contributed by atoms with Gasteiger partial charge in [0.15, 0.2) is 0 Å². The summed E-state index contributed by atoms with van der Waals surface area (Å²) in [7, 11) is 0. The Labute approximate surface area is 85.1 Å². The molecule has 1 heterocycles. The number of likely N-dealkylation sites (tertiary alicyclic amines) is 1. The van der Waals surface area contributed by atoms with Gasteiger partial charge >= 0.3 is 0 Å². The quantitative estimate of drug-likeness (QED) is 0.664. The van der Waals surface area contributed by atoms with Gasteiger partial charge in [0.05, 0.1) is 11.1 Å². The maximum absolute atomic E-state index is 11.2. The van der Waals surface area contributed by atoms with Crippen LogP contribution in [0.1, 0.15) is 33.6 Å². The normalized spacial score (nSPS) is 30.3. The van der Waals surface area contributed by atoms with Gasteiger partial charge in [0.2, 0.25) is 5.91 Å². The molecular weight excluding hydrogens is 180 g/mol. The molecule has 1 aliphatic rings. The molecule has 14 heavy (non-hydrogen) atoms. The van der Waals surface area contributed by atoms with Crippen LogP contribution in [-0.2, 0) is 4.79 Å². The molecule has 3 N–H and O–H groups in total. The van der Waals surface area contributed by atoms with Gasteiger partial charge in [-0.3, -0.25) is 9.69 Å². The molecule has 0 spiro atoms. The van der Waals surface area contributed by atoms with E-state index in [0.29, 0.717) is 6.54 Å². The first-order valence-electron chi connectivity index (χ1n) is 5.03. The second-order valence-corrected chi connectivity index (χ2v) is 4.95. The lowest BCUT2D eigenvalue weighted by molar-refractivity contribution is -0.132. The second-order valence-electron chi connectivity index (χ2n) is 4.95. The Kier molecular flexibility index (Phi) is 2.88. The maximum Gasteiger partial charge on any atom is 0.237 e. The number of piperidine rings is 1. The Bertz CT molecular complexity index is 236. The van der Waals surface area contributed by atoms with Gasteiger partial charge in [-0.2, -0.15) is 0 Å². The van der Waals surface area contributed by atoms with E-state index in [1.54, 1.807) is 20.8 Å². The van der Waals surface area contributed by atoms with Gasteiger partial charge in [0.25, 0.3) is 0 Å². The van der Waals surface area contributed by atoms with Crippen LogP contribution in [0.4, 0.5) is 0 Å². The first kappa shape index (κ1) is 11.5. The number of nitrogens with zero attached hydrogens (tertiary/aromatic N) is 1. The van der Waals surface area contributed by atoms with E-state index in [9.17, 15) is 9.90 Å². The number of primary amides is 1. The predicted octanol–water partition coefficient (Wildman–Crippen LogP) is 0.0971. The summed E-state index contributed by atoms with van der Waals surface area (Å²) in [5.41, 5.74) is 3.98. The van der Waals surface area contributed by atoms with Crippen LogP contribution >= 0.6 is 0 Å². The van der Waals surface area contributed by atoms with Crippen molar-refractivity contribution in [3.63, 3.8) is 0 Å². The van der Waals surface area contributed by atoms with E-state index in [-0.39, 0.29) is 5.91 Å². The minimum Gasteiger partial charge on any atom is -0.389 e. The summed E-state index contributed by atoms with van der Waals surface area (Å²) in [5, 5.41) is 9.90. The highest BCUT2D eigenvalue weighted by molar-refractivity contribution is 5.83. The molecule has 1 aliphatic heterocycles. The van der Waals surface area contributed by atoms with Crippen molar-refractivity contribution in [1.82, 2.24) is 4.90 Å². The van der Waals surface area contributed by atoms with E-state index in [0.717, 1.165) is 19.4 Å². The summed E-state index contributed by atoms with van der Waals surface area (Å²) in [6.45, 7) is 6.75. The third-order valence-electron chi connectivity index (χ3n) is 3.07. The van der Waals surface area contributed by atoms with Crippen molar-refractivity contribution >= 4 is 5.91 Å². The van der Waals surface area contributed by atoms with Crippen LogP contribution in [0.5, 0.6) is 0 Å². The molecule has 1 amide bonds. The molecular formula is C10H20N2O2. The minimum absolute atomic E-state index is 0.338. The van der Waals surface area contributed by atoms with Gasteiger partial charge in [-0.1, -0.05) is 0 Å². The zero-order valence-corrected chi connectivity index (χ0v) is 9.21. The van der Waals surface area contributed by atoms with E-state index in [2.05, 4.69) is 0 Å². The summed E-state index contributed by atoms with van der Waals surface area (Å²) in [5.74, 6) is -0.338. The molecule has 0 bridgehead atoms. The largest absolute Gasteiger partial charge is 0.389 e. The van der Waals surface area contributed by atoms with Gasteiger partial charge in [-0.15, -0.1) is 0 Å². The Balaban J connectivity index is 2.74. The van der Waals surface area contributed by atoms with Crippen LogP contribution in [0.2, 0.25) is 0 Å². The molecule has 0 aromatic heterocycles. The Morgan fingerprint density at radius 2 is 2.14 bits per heavy atom. The van der Waals surface area contributed by atoms with Crippen LogP contribution in [0.25, 0.3) is 0 Å². The molecule has 1 saturated heterocycles. The van der Waals surface area contributed by atoms with E-state index in [1.165, 1.54) is 0 Å². The zero-order chi connectivity index (χ0) is 11.0. The van der Waals surface area contributed by atoms with Crippen LogP contribution in [0.15, 0.2) is 0 Å². The smallest absolute Gasteiger partial charge is 0.237 e. The average molecular weight is 200 g/mol. The molecule has 1 unspecified atom stereocenters. The molecule has 0 radical (unpaired) electrons. The Hall–Kier alpha value is -0.610. The standard InChI is InChI=1S/C10H20N2O2/c1-9(2,8(11)13)12-6-4-5-10(3,14)7-12/h14H,4-7H2,1-3H3,(H2,11,13). The van der Waals surface area contributed by atoms with E-state index < -0.39 is 11.1 Å². The number of amides is 1. The van der Waals surface area contributed by atoms with Crippen molar-refractivity contribution in [2.45, 2.75) is 44.8 Å².